The first-order chi connectivity index (χ1) is 21.5. The van der Waals surface area contributed by atoms with E-state index < -0.39 is 34.4 Å². The fourth-order valence-electron chi connectivity index (χ4n) is 4.81. The number of aryl methyl sites for hydroxylation is 1. The highest BCUT2D eigenvalue weighted by Crippen LogP contribution is 2.30. The van der Waals surface area contributed by atoms with E-state index >= 15 is 0 Å². The van der Waals surface area contributed by atoms with Crippen molar-refractivity contribution in [3.8, 4) is 5.75 Å². The maximum Gasteiger partial charge on any atom is 0.264 e. The number of anilines is 1. The van der Waals surface area contributed by atoms with E-state index in [0.29, 0.717) is 27.9 Å². The van der Waals surface area contributed by atoms with Crippen LogP contribution >= 0.6 is 23.2 Å². The molecule has 1 atom stereocenters. The van der Waals surface area contributed by atoms with Crippen LogP contribution in [0, 0.1) is 6.92 Å². The lowest BCUT2D eigenvalue weighted by atomic mass is 10.0. The number of hydrogen-bond donors (Lipinski definition) is 1. The monoisotopic (exact) mass is 667 g/mol. The summed E-state index contributed by atoms with van der Waals surface area (Å²) < 4.78 is 34.6. The number of sulfonamides is 1. The lowest BCUT2D eigenvalue weighted by Gasteiger charge is -2.34. The summed E-state index contributed by atoms with van der Waals surface area (Å²) in [5, 5.41) is 3.46. The second kappa shape index (κ2) is 15.3. The molecule has 236 valence electrons. The van der Waals surface area contributed by atoms with E-state index in [1.54, 1.807) is 61.5 Å². The molecule has 0 fully saturated rings. The molecule has 0 aliphatic rings. The van der Waals surface area contributed by atoms with Gasteiger partial charge in [-0.1, -0.05) is 77.3 Å². The first-order valence-electron chi connectivity index (χ1n) is 14.3. The molecule has 1 N–H and O–H groups in total. The molecular weight excluding hydrogens is 633 g/mol. The predicted molar refractivity (Wildman–Crippen MR) is 178 cm³/mol. The molecule has 1 unspecified atom stereocenters. The maximum absolute atomic E-state index is 14.5. The van der Waals surface area contributed by atoms with E-state index in [-0.39, 0.29) is 23.5 Å². The molecule has 4 aromatic carbocycles. The van der Waals surface area contributed by atoms with E-state index in [0.717, 1.165) is 15.4 Å². The van der Waals surface area contributed by atoms with Crippen LogP contribution in [0.3, 0.4) is 0 Å². The molecule has 45 heavy (non-hydrogen) atoms. The van der Waals surface area contributed by atoms with Gasteiger partial charge in [0, 0.05) is 35.1 Å². The molecule has 0 saturated carbocycles. The Hall–Kier alpha value is -4.05. The molecule has 0 radical (unpaired) electrons. The van der Waals surface area contributed by atoms with Gasteiger partial charge in [-0.05, 0) is 67.9 Å². The molecular formula is C34H35Cl2N3O5S. The number of hydrogen-bond acceptors (Lipinski definition) is 5. The number of amides is 2. The molecule has 0 heterocycles. The first-order valence-corrected chi connectivity index (χ1v) is 16.5. The largest absolute Gasteiger partial charge is 0.497 e. The number of carbonyl (C=O) groups excluding carboxylic acids is 2. The molecule has 0 aromatic heterocycles. The van der Waals surface area contributed by atoms with Crippen LogP contribution in [0.15, 0.2) is 102 Å². The number of benzene rings is 4. The fourth-order valence-corrected chi connectivity index (χ4v) is 6.75. The van der Waals surface area contributed by atoms with E-state index in [1.165, 1.54) is 24.1 Å². The van der Waals surface area contributed by atoms with Gasteiger partial charge in [-0.15, -0.1) is 0 Å². The van der Waals surface area contributed by atoms with Crippen molar-refractivity contribution in [1.82, 2.24) is 10.2 Å². The Labute approximate surface area is 274 Å². The fraction of sp³-hybridized carbons (Fsp3) is 0.235. The quantitative estimate of drug-likeness (QED) is 0.181. The van der Waals surface area contributed by atoms with Crippen LogP contribution in [-0.4, -0.2) is 51.4 Å². The minimum atomic E-state index is -4.23. The summed E-state index contributed by atoms with van der Waals surface area (Å²) in [5.41, 5.74) is 2.39. The van der Waals surface area contributed by atoms with Gasteiger partial charge in [0.1, 0.15) is 18.3 Å². The SMILES string of the molecule is CCNC(=O)C(Cc1ccccc1)N(Cc1c(Cl)cccc1Cl)C(=O)CN(c1ccc(OC)cc1)S(=O)(=O)c1ccc(C)cc1. The van der Waals surface area contributed by atoms with E-state index in [4.69, 9.17) is 27.9 Å². The Bertz CT molecular complexity index is 1700. The zero-order chi connectivity index (χ0) is 32.6. The van der Waals surface area contributed by atoms with Crippen LogP contribution in [-0.2, 0) is 32.6 Å². The van der Waals surface area contributed by atoms with E-state index in [2.05, 4.69) is 5.32 Å². The van der Waals surface area contributed by atoms with Crippen molar-refractivity contribution in [2.45, 2.75) is 37.8 Å². The highest BCUT2D eigenvalue weighted by atomic mass is 35.5. The van der Waals surface area contributed by atoms with Gasteiger partial charge in [0.05, 0.1) is 17.7 Å². The van der Waals surface area contributed by atoms with Gasteiger partial charge >= 0.3 is 0 Å². The van der Waals surface area contributed by atoms with Gasteiger partial charge in [0.15, 0.2) is 0 Å². The molecule has 0 aliphatic heterocycles. The molecule has 0 aliphatic carbocycles. The summed E-state index contributed by atoms with van der Waals surface area (Å²) in [6, 6.07) is 26.0. The van der Waals surface area contributed by atoms with Crippen LogP contribution in [0.25, 0.3) is 0 Å². The van der Waals surface area contributed by atoms with Crippen LogP contribution in [0.2, 0.25) is 10.0 Å². The summed E-state index contributed by atoms with van der Waals surface area (Å²) in [7, 11) is -2.73. The second-order valence-corrected chi connectivity index (χ2v) is 13.0. The number of rotatable bonds is 13. The summed E-state index contributed by atoms with van der Waals surface area (Å²) in [6.45, 7) is 3.24. The minimum Gasteiger partial charge on any atom is -0.497 e. The van der Waals surface area contributed by atoms with Crippen LogP contribution in [0.5, 0.6) is 5.75 Å². The van der Waals surface area contributed by atoms with Crippen LogP contribution in [0.4, 0.5) is 5.69 Å². The number of halogens is 2. The molecule has 2 amide bonds. The number of carbonyl (C=O) groups is 2. The van der Waals surface area contributed by atoms with E-state index in [1.807, 2.05) is 37.3 Å². The maximum atomic E-state index is 14.5. The van der Waals surface area contributed by atoms with Crippen molar-refractivity contribution in [1.29, 1.82) is 0 Å². The van der Waals surface area contributed by atoms with Gasteiger partial charge < -0.3 is 15.0 Å². The van der Waals surface area contributed by atoms with Crippen molar-refractivity contribution in [3.63, 3.8) is 0 Å². The average molecular weight is 669 g/mol. The Balaban J connectivity index is 1.83. The highest BCUT2D eigenvalue weighted by molar-refractivity contribution is 7.92. The third-order valence-electron chi connectivity index (χ3n) is 7.26. The van der Waals surface area contributed by atoms with Crippen LogP contribution < -0.4 is 14.4 Å². The Kier molecular flexibility index (Phi) is 11.5. The average Bonchev–Trinajstić information content (AvgIpc) is 3.03. The molecule has 8 nitrogen and oxygen atoms in total. The lowest BCUT2D eigenvalue weighted by Crippen LogP contribution is -2.53. The number of likely N-dealkylation sites (N-methyl/N-ethyl adjacent to an activating group) is 1. The Morgan fingerprint density at radius 2 is 1.49 bits per heavy atom. The number of nitrogens with one attached hydrogen (secondary N) is 1. The van der Waals surface area contributed by atoms with Gasteiger partial charge in [-0.2, -0.15) is 0 Å². The minimum absolute atomic E-state index is 0.0157. The Morgan fingerprint density at radius 1 is 0.867 bits per heavy atom. The summed E-state index contributed by atoms with van der Waals surface area (Å²) in [4.78, 5) is 29.5. The van der Waals surface area contributed by atoms with Crippen LogP contribution in [0.1, 0.15) is 23.6 Å². The Morgan fingerprint density at radius 3 is 2.07 bits per heavy atom. The highest BCUT2D eigenvalue weighted by Gasteiger charge is 2.35. The van der Waals surface area contributed by atoms with E-state index in [9.17, 15) is 18.0 Å². The molecule has 0 bridgehead atoms. The second-order valence-electron chi connectivity index (χ2n) is 10.3. The molecule has 4 aromatic rings. The zero-order valence-corrected chi connectivity index (χ0v) is 27.6. The number of methoxy groups -OCH3 is 1. The van der Waals surface area contributed by atoms with Crippen molar-refractivity contribution in [3.05, 3.63) is 124 Å². The van der Waals surface area contributed by atoms with Gasteiger partial charge in [-0.25, -0.2) is 8.42 Å². The summed E-state index contributed by atoms with van der Waals surface area (Å²) >= 11 is 13.1. The zero-order valence-electron chi connectivity index (χ0n) is 25.2. The molecule has 4 rings (SSSR count). The van der Waals surface area contributed by atoms with Gasteiger partial charge in [0.25, 0.3) is 10.0 Å². The topological polar surface area (TPSA) is 96.0 Å². The number of nitrogens with zero attached hydrogens (tertiary/aromatic N) is 2. The predicted octanol–water partition coefficient (Wildman–Crippen LogP) is 6.28. The third kappa shape index (κ3) is 8.36. The van der Waals surface area contributed by atoms with Crippen molar-refractivity contribution < 1.29 is 22.7 Å². The summed E-state index contributed by atoms with van der Waals surface area (Å²) in [5.74, 6) is -0.494. The van der Waals surface area contributed by atoms with Gasteiger partial charge in [-0.3, -0.25) is 13.9 Å². The van der Waals surface area contributed by atoms with Crippen molar-refractivity contribution in [2.24, 2.45) is 0 Å². The van der Waals surface area contributed by atoms with Crippen molar-refractivity contribution >= 4 is 50.7 Å². The molecule has 11 heteroatoms. The number of ether oxygens (including phenoxy) is 1. The lowest BCUT2D eigenvalue weighted by molar-refractivity contribution is -0.140. The normalized spacial score (nSPS) is 11.8. The third-order valence-corrected chi connectivity index (χ3v) is 9.76. The molecule has 0 spiro atoms. The molecule has 0 saturated heterocycles. The van der Waals surface area contributed by atoms with Crippen molar-refractivity contribution in [2.75, 3.05) is 24.5 Å². The smallest absolute Gasteiger partial charge is 0.264 e. The first kappa shape index (κ1) is 33.8. The van der Waals surface area contributed by atoms with Gasteiger partial charge in [0.2, 0.25) is 11.8 Å². The standard InChI is InChI=1S/C34H35Cl2N3O5S/c1-4-37-34(41)32(21-25-9-6-5-7-10-25)38(22-29-30(35)11-8-12-31(29)36)33(40)23-39(26-15-17-27(44-3)18-16-26)45(42,43)28-19-13-24(2)14-20-28/h5-20,32H,4,21-23H2,1-3H3,(H,37,41). The summed E-state index contributed by atoms with van der Waals surface area (Å²) in [6.07, 6.45) is 0.174.